The largest absolute Gasteiger partial charge is 0.394 e. The SMILES string of the molecule is C=CCOCCOCCOCCC.C=CCOCCOCCOCCO. The molecule has 0 aliphatic rings. The lowest BCUT2D eigenvalue weighted by Gasteiger charge is -2.04. The number of ether oxygens (including phenoxy) is 6. The number of aliphatic hydroxyl groups excluding tert-OH is 1. The van der Waals surface area contributed by atoms with Gasteiger partial charge in [0.2, 0.25) is 0 Å². The maximum atomic E-state index is 8.37. The number of hydrogen-bond donors (Lipinski definition) is 1. The number of hydrogen-bond acceptors (Lipinski definition) is 7. The van der Waals surface area contributed by atoms with Crippen molar-refractivity contribution in [2.45, 2.75) is 13.3 Å². The Labute approximate surface area is 158 Å². The first kappa shape index (κ1) is 27.4. The molecule has 0 aliphatic carbocycles. The Morgan fingerprint density at radius 1 is 0.577 bits per heavy atom. The van der Waals surface area contributed by atoms with E-state index in [1.807, 2.05) is 0 Å². The number of aliphatic hydroxyl groups is 1. The van der Waals surface area contributed by atoms with Gasteiger partial charge in [0.05, 0.1) is 79.3 Å². The Kier molecular flexibility index (Phi) is 30.6. The summed E-state index contributed by atoms with van der Waals surface area (Å²) in [7, 11) is 0. The molecule has 1 N–H and O–H groups in total. The van der Waals surface area contributed by atoms with Crippen LogP contribution >= 0.6 is 0 Å². The molecule has 0 aromatic carbocycles. The van der Waals surface area contributed by atoms with Crippen molar-refractivity contribution >= 4 is 0 Å². The minimum absolute atomic E-state index is 0.0580. The lowest BCUT2D eigenvalue weighted by Crippen LogP contribution is -2.10. The summed E-state index contributed by atoms with van der Waals surface area (Å²) in [4.78, 5) is 0. The molecular weight excluding hydrogens is 340 g/mol. The highest BCUT2D eigenvalue weighted by atomic mass is 16.5. The average molecular weight is 379 g/mol. The molecule has 26 heavy (non-hydrogen) atoms. The zero-order chi connectivity index (χ0) is 19.6. The topological polar surface area (TPSA) is 75.6 Å². The Morgan fingerprint density at radius 3 is 1.27 bits per heavy atom. The van der Waals surface area contributed by atoms with E-state index in [-0.39, 0.29) is 6.61 Å². The van der Waals surface area contributed by atoms with Crippen LogP contribution in [0.5, 0.6) is 0 Å². The molecule has 0 bridgehead atoms. The van der Waals surface area contributed by atoms with Crippen molar-refractivity contribution in [1.82, 2.24) is 0 Å². The highest BCUT2D eigenvalue weighted by Gasteiger charge is 1.90. The molecule has 0 saturated heterocycles. The van der Waals surface area contributed by atoms with Crippen LogP contribution < -0.4 is 0 Å². The van der Waals surface area contributed by atoms with Crippen LogP contribution in [0.3, 0.4) is 0 Å². The quantitative estimate of drug-likeness (QED) is 0.256. The van der Waals surface area contributed by atoms with Crippen molar-refractivity contribution in [2.24, 2.45) is 0 Å². The van der Waals surface area contributed by atoms with E-state index >= 15 is 0 Å². The first-order valence-electron chi connectivity index (χ1n) is 9.12. The van der Waals surface area contributed by atoms with Gasteiger partial charge in [-0.1, -0.05) is 19.1 Å². The van der Waals surface area contributed by atoms with E-state index in [0.29, 0.717) is 72.7 Å². The van der Waals surface area contributed by atoms with Gasteiger partial charge in [0, 0.05) is 6.61 Å². The minimum atomic E-state index is 0.0580. The predicted octanol–water partition coefficient (Wildman–Crippen LogP) is 1.85. The van der Waals surface area contributed by atoms with Crippen molar-refractivity contribution in [1.29, 1.82) is 0 Å². The maximum Gasteiger partial charge on any atom is 0.0704 e. The molecule has 0 saturated carbocycles. The van der Waals surface area contributed by atoms with E-state index in [1.165, 1.54) is 0 Å². The van der Waals surface area contributed by atoms with Crippen LogP contribution in [-0.2, 0) is 28.4 Å². The normalized spacial score (nSPS) is 10.2. The van der Waals surface area contributed by atoms with Crippen molar-refractivity contribution in [3.63, 3.8) is 0 Å². The summed E-state index contributed by atoms with van der Waals surface area (Å²) in [5.74, 6) is 0. The predicted molar refractivity (Wildman–Crippen MR) is 103 cm³/mol. The fourth-order valence-electron chi connectivity index (χ4n) is 1.42. The maximum absolute atomic E-state index is 8.37. The van der Waals surface area contributed by atoms with Gasteiger partial charge in [0.15, 0.2) is 0 Å². The van der Waals surface area contributed by atoms with E-state index in [1.54, 1.807) is 12.2 Å². The van der Waals surface area contributed by atoms with E-state index in [4.69, 9.17) is 33.5 Å². The molecule has 0 aromatic heterocycles. The van der Waals surface area contributed by atoms with E-state index < -0.39 is 0 Å². The fraction of sp³-hybridized carbons (Fsp3) is 0.789. The molecule has 0 aromatic rings. The second kappa shape index (κ2) is 29.0. The molecule has 0 atom stereocenters. The molecule has 156 valence electrons. The minimum Gasteiger partial charge on any atom is -0.394 e. The van der Waals surface area contributed by atoms with Crippen LogP contribution in [-0.4, -0.2) is 91.0 Å². The van der Waals surface area contributed by atoms with Gasteiger partial charge in [0.25, 0.3) is 0 Å². The van der Waals surface area contributed by atoms with E-state index in [0.717, 1.165) is 13.0 Å². The molecule has 0 spiro atoms. The summed E-state index contributed by atoms with van der Waals surface area (Å²) < 4.78 is 30.8. The van der Waals surface area contributed by atoms with Crippen LogP contribution in [0.15, 0.2) is 25.3 Å². The van der Waals surface area contributed by atoms with Crippen molar-refractivity contribution in [3.05, 3.63) is 25.3 Å². The molecule has 0 heterocycles. The zero-order valence-corrected chi connectivity index (χ0v) is 16.4. The molecule has 0 unspecified atom stereocenters. The Hall–Kier alpha value is -0.800. The van der Waals surface area contributed by atoms with Crippen LogP contribution in [0.25, 0.3) is 0 Å². The van der Waals surface area contributed by atoms with Gasteiger partial charge in [-0.25, -0.2) is 0 Å². The monoisotopic (exact) mass is 378 g/mol. The Morgan fingerprint density at radius 2 is 0.923 bits per heavy atom. The van der Waals surface area contributed by atoms with Crippen molar-refractivity contribution in [2.75, 3.05) is 85.9 Å². The molecular formula is C19H38O7. The molecule has 0 amide bonds. The van der Waals surface area contributed by atoms with Crippen LogP contribution in [0.1, 0.15) is 13.3 Å². The summed E-state index contributed by atoms with van der Waals surface area (Å²) >= 11 is 0. The zero-order valence-electron chi connectivity index (χ0n) is 16.4. The second-order valence-corrected chi connectivity index (χ2v) is 4.90. The van der Waals surface area contributed by atoms with Gasteiger partial charge in [-0.05, 0) is 6.42 Å². The standard InChI is InChI=1S/C10H20O3.C9H18O4/c1-3-5-11-7-9-13-10-8-12-6-4-2;1-2-4-11-6-8-13-9-7-12-5-3-10/h3H,1,4-10H2,2H3;2,10H,1,3-9H2. The molecule has 7 heteroatoms. The third-order valence-electron chi connectivity index (χ3n) is 2.54. The summed E-state index contributed by atoms with van der Waals surface area (Å²) in [6.07, 6.45) is 4.48. The molecule has 0 rings (SSSR count). The Bertz CT molecular complexity index is 236. The Balaban J connectivity index is 0. The van der Waals surface area contributed by atoms with Gasteiger partial charge in [0.1, 0.15) is 0 Å². The highest BCUT2D eigenvalue weighted by molar-refractivity contribution is 4.63. The van der Waals surface area contributed by atoms with Crippen LogP contribution in [0.4, 0.5) is 0 Å². The third-order valence-corrected chi connectivity index (χ3v) is 2.54. The van der Waals surface area contributed by atoms with Gasteiger partial charge < -0.3 is 33.5 Å². The average Bonchev–Trinajstić information content (AvgIpc) is 2.66. The molecule has 0 fully saturated rings. The molecule has 0 aliphatic heterocycles. The van der Waals surface area contributed by atoms with Gasteiger partial charge in [-0.2, -0.15) is 0 Å². The van der Waals surface area contributed by atoms with Crippen LogP contribution in [0.2, 0.25) is 0 Å². The highest BCUT2D eigenvalue weighted by Crippen LogP contribution is 1.83. The van der Waals surface area contributed by atoms with Crippen molar-refractivity contribution < 1.29 is 33.5 Å². The van der Waals surface area contributed by atoms with Gasteiger partial charge in [-0.15, -0.1) is 13.2 Å². The van der Waals surface area contributed by atoms with Gasteiger partial charge in [-0.3, -0.25) is 0 Å². The fourth-order valence-corrected chi connectivity index (χ4v) is 1.42. The third kappa shape index (κ3) is 31.0. The molecule has 7 nitrogen and oxygen atoms in total. The summed E-state index contributed by atoms with van der Waals surface area (Å²) in [6.45, 7) is 16.3. The number of rotatable bonds is 20. The second-order valence-electron chi connectivity index (χ2n) is 4.90. The molecule has 0 radical (unpaired) electrons. The van der Waals surface area contributed by atoms with Gasteiger partial charge >= 0.3 is 0 Å². The van der Waals surface area contributed by atoms with Crippen LogP contribution in [0, 0.1) is 0 Å². The first-order valence-corrected chi connectivity index (χ1v) is 9.12. The summed E-state index contributed by atoms with van der Waals surface area (Å²) in [6, 6.07) is 0. The van der Waals surface area contributed by atoms with Crippen molar-refractivity contribution in [3.8, 4) is 0 Å². The summed E-state index contributed by atoms with van der Waals surface area (Å²) in [5, 5.41) is 8.37. The lowest BCUT2D eigenvalue weighted by atomic mass is 10.5. The smallest absolute Gasteiger partial charge is 0.0704 e. The van der Waals surface area contributed by atoms with E-state index in [2.05, 4.69) is 20.1 Å². The first-order chi connectivity index (χ1) is 12.8. The lowest BCUT2D eigenvalue weighted by molar-refractivity contribution is 0.0117. The summed E-state index contributed by atoms with van der Waals surface area (Å²) in [5.41, 5.74) is 0. The van der Waals surface area contributed by atoms with E-state index in [9.17, 15) is 0 Å².